The largest absolute Gasteiger partial charge is 0.420 e. The summed E-state index contributed by atoms with van der Waals surface area (Å²) in [5, 5.41) is 22.4. The molecule has 0 saturated carbocycles. The third kappa shape index (κ3) is 5.93. The SMILES string of the molecule is Cc1nc(C)nc(-c2cc(-n3c4ccccc4c4ccc(-c5cccc(C#N)c5)cc43)c(C(F)(F)F)c(-n3c4ccccc4c4ccc(-c5cccc(C#N)c5)cc43)c2)n1. The molecule has 0 radical (unpaired) electrons. The molecule has 0 bridgehead atoms. The van der Waals surface area contributed by atoms with Gasteiger partial charge in [-0.25, -0.2) is 15.0 Å². The molecular formula is C50H30F3N7. The predicted octanol–water partition coefficient (Wildman–Crippen LogP) is 12.4. The zero-order valence-corrected chi connectivity index (χ0v) is 32.1. The lowest BCUT2D eigenvalue weighted by molar-refractivity contribution is -0.137. The molecule has 7 nitrogen and oxygen atoms in total. The number of benzene rings is 7. The molecule has 0 aliphatic heterocycles. The normalized spacial score (nSPS) is 11.7. The van der Waals surface area contributed by atoms with E-state index in [1.807, 2.05) is 97.1 Å². The van der Waals surface area contributed by atoms with Gasteiger partial charge in [0.15, 0.2) is 5.82 Å². The summed E-state index contributed by atoms with van der Waals surface area (Å²) in [5.74, 6) is 1.10. The highest BCUT2D eigenvalue weighted by Crippen LogP contribution is 2.46. The number of para-hydroxylation sites is 2. The Labute approximate surface area is 341 Å². The monoisotopic (exact) mass is 785 g/mol. The molecule has 3 heterocycles. The maximum Gasteiger partial charge on any atom is 0.420 e. The lowest BCUT2D eigenvalue weighted by Crippen LogP contribution is -2.16. The molecule has 0 aliphatic rings. The van der Waals surface area contributed by atoms with Crippen LogP contribution in [0.3, 0.4) is 0 Å². The van der Waals surface area contributed by atoms with E-state index in [0.29, 0.717) is 50.4 Å². The quantitative estimate of drug-likeness (QED) is 0.173. The van der Waals surface area contributed by atoms with Crippen molar-refractivity contribution < 1.29 is 13.2 Å². The van der Waals surface area contributed by atoms with Crippen LogP contribution in [0.4, 0.5) is 13.2 Å². The highest BCUT2D eigenvalue weighted by molar-refractivity contribution is 6.12. The Bertz CT molecular complexity index is 3270. The van der Waals surface area contributed by atoms with Gasteiger partial charge < -0.3 is 9.13 Å². The fourth-order valence-electron chi connectivity index (χ4n) is 8.48. The second kappa shape index (κ2) is 13.8. The van der Waals surface area contributed by atoms with Crippen LogP contribution in [0.1, 0.15) is 28.3 Å². The highest BCUT2D eigenvalue weighted by Gasteiger charge is 2.40. The summed E-state index contributed by atoms with van der Waals surface area (Å²) < 4.78 is 52.8. The topological polar surface area (TPSA) is 96.1 Å². The zero-order valence-electron chi connectivity index (χ0n) is 32.1. The number of alkyl halides is 3. The van der Waals surface area contributed by atoms with E-state index in [4.69, 9.17) is 0 Å². The van der Waals surface area contributed by atoms with E-state index in [9.17, 15) is 10.5 Å². The molecule has 10 rings (SSSR count). The molecule has 0 amide bonds. The van der Waals surface area contributed by atoms with E-state index in [0.717, 1.165) is 43.8 Å². The Morgan fingerprint density at radius 2 is 0.883 bits per heavy atom. The molecule has 7 aromatic carbocycles. The van der Waals surface area contributed by atoms with Crippen LogP contribution < -0.4 is 0 Å². The maximum absolute atomic E-state index is 16.5. The number of rotatable bonds is 5. The van der Waals surface area contributed by atoms with E-state index in [2.05, 4.69) is 27.1 Å². The molecule has 10 heteroatoms. The molecule has 0 saturated heterocycles. The minimum Gasteiger partial charge on any atom is -0.309 e. The van der Waals surface area contributed by atoms with Gasteiger partial charge in [-0.2, -0.15) is 23.7 Å². The summed E-state index contributed by atoms with van der Waals surface area (Å²) in [5.41, 5.74) is 5.51. The number of nitriles is 2. The van der Waals surface area contributed by atoms with Crippen molar-refractivity contribution in [2.45, 2.75) is 20.0 Å². The Balaban J connectivity index is 1.37. The number of halogens is 3. The molecule has 0 aliphatic carbocycles. The second-order valence-electron chi connectivity index (χ2n) is 14.7. The molecular weight excluding hydrogens is 756 g/mol. The van der Waals surface area contributed by atoms with Crippen molar-refractivity contribution >= 4 is 43.6 Å². The smallest absolute Gasteiger partial charge is 0.309 e. The van der Waals surface area contributed by atoms with Crippen molar-refractivity contribution in [1.29, 1.82) is 10.5 Å². The summed E-state index contributed by atoms with van der Waals surface area (Å²) in [7, 11) is 0. The number of nitrogens with zero attached hydrogens (tertiary/aromatic N) is 7. The number of aryl methyl sites for hydroxylation is 2. The van der Waals surface area contributed by atoms with Gasteiger partial charge in [0.05, 0.1) is 56.7 Å². The summed E-state index contributed by atoms with van der Waals surface area (Å²) in [4.78, 5) is 13.7. The standard InChI is InChI=1S/C50H30F3N7/c1-29-56-30(2)58-49(57-29)37-25-46(59-42-15-5-3-13-38(42)40-19-17-35(23-44(40)59)33-11-7-9-31(21-33)27-54)48(50(51,52)53)47(26-37)60-43-16-6-4-14-39(43)41-20-18-36(24-45(41)60)34-12-8-10-32(22-34)28-55/h3-26H,1-2H3. The Hall–Kier alpha value is -8.08. The maximum atomic E-state index is 16.5. The molecule has 0 spiro atoms. The van der Waals surface area contributed by atoms with Crippen molar-refractivity contribution in [3.63, 3.8) is 0 Å². The van der Waals surface area contributed by atoms with Gasteiger partial charge in [-0.15, -0.1) is 0 Å². The fourth-order valence-corrected chi connectivity index (χ4v) is 8.48. The number of aromatic nitrogens is 5. The first-order chi connectivity index (χ1) is 29.1. The van der Waals surface area contributed by atoms with Crippen molar-refractivity contribution in [2.24, 2.45) is 0 Å². The first-order valence-corrected chi connectivity index (χ1v) is 19.1. The molecule has 0 fully saturated rings. The number of hydrogen-bond acceptors (Lipinski definition) is 5. The van der Waals surface area contributed by atoms with E-state index >= 15 is 13.2 Å². The Morgan fingerprint density at radius 3 is 1.33 bits per heavy atom. The molecule has 0 N–H and O–H groups in total. The van der Waals surface area contributed by atoms with Crippen molar-refractivity contribution in [3.05, 3.63) is 174 Å². The molecule has 3 aromatic heterocycles. The van der Waals surface area contributed by atoms with Gasteiger partial charge in [0.25, 0.3) is 0 Å². The van der Waals surface area contributed by atoms with Crippen molar-refractivity contribution in [3.8, 4) is 57.2 Å². The first-order valence-electron chi connectivity index (χ1n) is 19.1. The third-order valence-corrected chi connectivity index (χ3v) is 11.0. The first kappa shape index (κ1) is 36.3. The molecule has 286 valence electrons. The summed E-state index contributed by atoms with van der Waals surface area (Å²) >= 11 is 0. The van der Waals surface area contributed by atoms with Gasteiger partial charge in [0.1, 0.15) is 17.2 Å². The van der Waals surface area contributed by atoms with Crippen LogP contribution in [0.5, 0.6) is 0 Å². The van der Waals surface area contributed by atoms with Crippen LogP contribution in [0.25, 0.3) is 88.6 Å². The molecule has 0 atom stereocenters. The van der Waals surface area contributed by atoms with Gasteiger partial charge in [-0.05, 0) is 96.8 Å². The zero-order chi connectivity index (χ0) is 41.3. The highest BCUT2D eigenvalue weighted by atomic mass is 19.4. The Kier molecular flexibility index (Phi) is 8.34. The van der Waals surface area contributed by atoms with Gasteiger partial charge >= 0.3 is 6.18 Å². The minimum atomic E-state index is -4.87. The van der Waals surface area contributed by atoms with E-state index in [1.54, 1.807) is 59.4 Å². The number of fused-ring (bicyclic) bond motifs is 6. The summed E-state index contributed by atoms with van der Waals surface area (Å²) in [6.07, 6.45) is -4.87. The van der Waals surface area contributed by atoms with Crippen LogP contribution in [0, 0.1) is 36.5 Å². The van der Waals surface area contributed by atoms with Gasteiger partial charge in [0.2, 0.25) is 0 Å². The molecule has 0 unspecified atom stereocenters. The predicted molar refractivity (Wildman–Crippen MR) is 229 cm³/mol. The summed E-state index contributed by atoms with van der Waals surface area (Å²) in [6, 6.07) is 48.1. The van der Waals surface area contributed by atoms with E-state index in [1.165, 1.54) is 12.1 Å². The van der Waals surface area contributed by atoms with Gasteiger partial charge in [0, 0.05) is 27.1 Å². The average Bonchev–Trinajstić information content (AvgIpc) is 3.77. The lowest BCUT2D eigenvalue weighted by Gasteiger charge is -2.23. The lowest BCUT2D eigenvalue weighted by atomic mass is 10.0. The molecule has 10 aromatic rings. The average molecular weight is 786 g/mol. The van der Waals surface area contributed by atoms with Gasteiger partial charge in [-0.3, -0.25) is 0 Å². The Morgan fingerprint density at radius 1 is 0.450 bits per heavy atom. The minimum absolute atomic E-state index is 0.108. The van der Waals surface area contributed by atoms with Crippen molar-refractivity contribution in [1.82, 2.24) is 24.1 Å². The number of hydrogen-bond donors (Lipinski definition) is 0. The van der Waals surface area contributed by atoms with E-state index < -0.39 is 11.7 Å². The van der Waals surface area contributed by atoms with Crippen LogP contribution in [-0.2, 0) is 6.18 Å². The van der Waals surface area contributed by atoms with E-state index in [-0.39, 0.29) is 17.2 Å². The fraction of sp³-hybridized carbons (Fsp3) is 0.0600. The third-order valence-electron chi connectivity index (χ3n) is 11.0. The van der Waals surface area contributed by atoms with Crippen LogP contribution in [-0.4, -0.2) is 24.1 Å². The molecule has 60 heavy (non-hydrogen) atoms. The van der Waals surface area contributed by atoms with Crippen molar-refractivity contribution in [2.75, 3.05) is 0 Å². The summed E-state index contributed by atoms with van der Waals surface area (Å²) in [6.45, 7) is 3.46. The second-order valence-corrected chi connectivity index (χ2v) is 14.7. The van der Waals surface area contributed by atoms with Crippen LogP contribution >= 0.6 is 0 Å². The van der Waals surface area contributed by atoms with Crippen LogP contribution in [0.15, 0.2) is 146 Å². The van der Waals surface area contributed by atoms with Crippen LogP contribution in [0.2, 0.25) is 0 Å². The van der Waals surface area contributed by atoms with Gasteiger partial charge in [-0.1, -0.05) is 84.9 Å².